The molecule has 0 bridgehead atoms. The summed E-state index contributed by atoms with van der Waals surface area (Å²) >= 11 is 0. The van der Waals surface area contributed by atoms with Crippen LogP contribution in [0, 0.1) is 0 Å². The summed E-state index contributed by atoms with van der Waals surface area (Å²) in [7, 11) is 0.816. The summed E-state index contributed by atoms with van der Waals surface area (Å²) in [6, 6.07) is 16.4. The number of hydrogen-bond donors (Lipinski definition) is 1. The Morgan fingerprint density at radius 2 is 1.46 bits per heavy atom. The number of likely N-dealkylation sites (N-methyl/N-ethyl adjacent to an activating group) is 1. The van der Waals surface area contributed by atoms with Crippen LogP contribution < -0.4 is 9.46 Å². The molecule has 5 nitrogen and oxygen atoms in total. The normalized spacial score (nSPS) is 13.1. The van der Waals surface area contributed by atoms with E-state index in [-0.39, 0.29) is 5.92 Å². The largest absolute Gasteiger partial charge is 0.492 e. The van der Waals surface area contributed by atoms with Crippen LogP contribution in [-0.4, -0.2) is 52.4 Å². The molecule has 0 amide bonds. The van der Waals surface area contributed by atoms with Gasteiger partial charge in [0.05, 0.1) is 5.25 Å². The first-order valence-electron chi connectivity index (χ1n) is 9.65. The van der Waals surface area contributed by atoms with Gasteiger partial charge in [-0.25, -0.2) is 13.1 Å². The molecule has 1 atom stereocenters. The lowest BCUT2D eigenvalue weighted by Crippen LogP contribution is -2.33. The van der Waals surface area contributed by atoms with Gasteiger partial charge in [0, 0.05) is 13.1 Å². The molecular formula is C22H32N2O3S. The molecule has 0 aliphatic rings. The molecule has 0 spiro atoms. The van der Waals surface area contributed by atoms with E-state index in [1.54, 1.807) is 13.8 Å². The maximum Gasteiger partial charge on any atom is 0.213 e. The van der Waals surface area contributed by atoms with Crippen LogP contribution in [0.3, 0.4) is 0 Å². The second kappa shape index (κ2) is 10.0. The standard InChI is InChI=1S/C22H32N2O3S/c1-17(2)28(25,26)23-16-18(3)19-6-8-20(9-7-19)21-10-12-22(13-11-21)27-15-14-24(4)5/h6-13,17-18,23H,14-16H2,1-5H3. The molecule has 1 N–H and O–H groups in total. The maximum absolute atomic E-state index is 11.9. The van der Waals surface area contributed by atoms with Crippen LogP contribution in [0.25, 0.3) is 11.1 Å². The van der Waals surface area contributed by atoms with Gasteiger partial charge in [0.25, 0.3) is 0 Å². The van der Waals surface area contributed by atoms with Crippen LogP contribution in [0.1, 0.15) is 32.3 Å². The van der Waals surface area contributed by atoms with Gasteiger partial charge in [-0.2, -0.15) is 0 Å². The molecule has 0 heterocycles. The second-order valence-corrected chi connectivity index (χ2v) is 9.96. The van der Waals surface area contributed by atoms with Gasteiger partial charge in [-0.3, -0.25) is 0 Å². The zero-order chi connectivity index (χ0) is 20.7. The van der Waals surface area contributed by atoms with E-state index in [1.165, 1.54) is 0 Å². The van der Waals surface area contributed by atoms with Crippen LogP contribution in [-0.2, 0) is 10.0 Å². The van der Waals surface area contributed by atoms with Crippen molar-refractivity contribution in [1.29, 1.82) is 0 Å². The highest BCUT2D eigenvalue weighted by molar-refractivity contribution is 7.90. The highest BCUT2D eigenvalue weighted by Gasteiger charge is 2.17. The molecule has 0 saturated heterocycles. The van der Waals surface area contributed by atoms with E-state index in [9.17, 15) is 8.42 Å². The van der Waals surface area contributed by atoms with Crippen molar-refractivity contribution in [1.82, 2.24) is 9.62 Å². The van der Waals surface area contributed by atoms with Gasteiger partial charge >= 0.3 is 0 Å². The number of sulfonamides is 1. The minimum absolute atomic E-state index is 0.107. The summed E-state index contributed by atoms with van der Waals surface area (Å²) in [5.41, 5.74) is 3.36. The molecule has 2 rings (SSSR count). The first-order chi connectivity index (χ1) is 13.2. The lowest BCUT2D eigenvalue weighted by Gasteiger charge is -2.15. The van der Waals surface area contributed by atoms with E-state index < -0.39 is 15.3 Å². The van der Waals surface area contributed by atoms with E-state index in [2.05, 4.69) is 46.0 Å². The molecule has 28 heavy (non-hydrogen) atoms. The first kappa shape index (κ1) is 22.4. The highest BCUT2D eigenvalue weighted by Crippen LogP contribution is 2.25. The molecule has 0 saturated carbocycles. The summed E-state index contributed by atoms with van der Waals surface area (Å²) in [5, 5.41) is -0.420. The quantitative estimate of drug-likeness (QED) is 0.656. The fourth-order valence-corrected chi connectivity index (χ4v) is 3.44. The Kier molecular flexibility index (Phi) is 8.04. The number of rotatable bonds is 10. The van der Waals surface area contributed by atoms with Gasteiger partial charge in [0.2, 0.25) is 10.0 Å². The van der Waals surface area contributed by atoms with Crippen LogP contribution >= 0.6 is 0 Å². The Morgan fingerprint density at radius 3 is 1.96 bits per heavy atom. The molecule has 0 aliphatic carbocycles. The third kappa shape index (κ3) is 6.62. The molecule has 2 aromatic rings. The van der Waals surface area contributed by atoms with Gasteiger partial charge in [0.15, 0.2) is 0 Å². The molecule has 1 unspecified atom stereocenters. The van der Waals surface area contributed by atoms with Crippen molar-refractivity contribution in [2.75, 3.05) is 33.8 Å². The summed E-state index contributed by atoms with van der Waals surface area (Å²) in [5.74, 6) is 0.975. The zero-order valence-electron chi connectivity index (χ0n) is 17.5. The second-order valence-electron chi connectivity index (χ2n) is 7.64. The van der Waals surface area contributed by atoms with E-state index in [0.29, 0.717) is 13.2 Å². The smallest absolute Gasteiger partial charge is 0.213 e. The summed E-state index contributed by atoms with van der Waals surface area (Å²) in [4.78, 5) is 2.09. The molecule has 0 aromatic heterocycles. The van der Waals surface area contributed by atoms with Crippen LogP contribution in [0.2, 0.25) is 0 Å². The predicted molar refractivity (Wildman–Crippen MR) is 116 cm³/mol. The van der Waals surface area contributed by atoms with E-state index in [1.807, 2.05) is 33.2 Å². The van der Waals surface area contributed by atoms with Gasteiger partial charge < -0.3 is 9.64 Å². The summed E-state index contributed by atoms with van der Waals surface area (Å²) in [6.45, 7) is 7.34. The highest BCUT2D eigenvalue weighted by atomic mass is 32.2. The lowest BCUT2D eigenvalue weighted by atomic mass is 9.98. The first-order valence-corrected chi connectivity index (χ1v) is 11.2. The molecule has 154 valence electrons. The number of benzene rings is 2. The Morgan fingerprint density at radius 1 is 0.929 bits per heavy atom. The Balaban J connectivity index is 1.96. The third-order valence-corrected chi connectivity index (χ3v) is 6.50. The molecule has 0 fully saturated rings. The Hall–Kier alpha value is -1.89. The third-order valence-electron chi connectivity index (χ3n) is 4.69. The molecular weight excluding hydrogens is 372 g/mol. The fraction of sp³-hybridized carbons (Fsp3) is 0.455. The number of ether oxygens (including phenoxy) is 1. The number of nitrogens with zero attached hydrogens (tertiary/aromatic N) is 1. The topological polar surface area (TPSA) is 58.6 Å². The molecule has 0 radical (unpaired) electrons. The van der Waals surface area contributed by atoms with E-state index in [0.717, 1.165) is 29.0 Å². The van der Waals surface area contributed by atoms with E-state index >= 15 is 0 Å². The average molecular weight is 405 g/mol. The van der Waals surface area contributed by atoms with Crippen molar-refractivity contribution in [3.63, 3.8) is 0 Å². The number of hydrogen-bond acceptors (Lipinski definition) is 4. The van der Waals surface area contributed by atoms with Crippen LogP contribution in [0.5, 0.6) is 5.75 Å². The Bertz CT molecular complexity index is 829. The van der Waals surface area contributed by atoms with Crippen LogP contribution in [0.4, 0.5) is 0 Å². The van der Waals surface area contributed by atoms with E-state index in [4.69, 9.17) is 4.74 Å². The predicted octanol–water partition coefficient (Wildman–Crippen LogP) is 3.73. The minimum Gasteiger partial charge on any atom is -0.492 e. The Labute approximate surface area is 169 Å². The number of nitrogens with one attached hydrogen (secondary N) is 1. The van der Waals surface area contributed by atoms with Gasteiger partial charge in [-0.15, -0.1) is 0 Å². The lowest BCUT2D eigenvalue weighted by molar-refractivity contribution is 0.261. The molecule has 2 aromatic carbocycles. The maximum atomic E-state index is 11.9. The molecule has 6 heteroatoms. The zero-order valence-corrected chi connectivity index (χ0v) is 18.3. The van der Waals surface area contributed by atoms with Gasteiger partial charge in [-0.1, -0.05) is 43.3 Å². The van der Waals surface area contributed by atoms with Crippen molar-refractivity contribution >= 4 is 10.0 Å². The molecule has 0 aliphatic heterocycles. The van der Waals surface area contributed by atoms with Gasteiger partial charge in [0.1, 0.15) is 12.4 Å². The van der Waals surface area contributed by atoms with Crippen molar-refractivity contribution in [2.45, 2.75) is 31.9 Å². The van der Waals surface area contributed by atoms with Crippen molar-refractivity contribution < 1.29 is 13.2 Å². The van der Waals surface area contributed by atoms with Crippen molar-refractivity contribution in [2.24, 2.45) is 0 Å². The SMILES string of the molecule is CC(CNS(=O)(=O)C(C)C)c1ccc(-c2ccc(OCCN(C)C)cc2)cc1. The van der Waals surface area contributed by atoms with Crippen molar-refractivity contribution in [3.05, 3.63) is 54.1 Å². The summed E-state index contributed by atoms with van der Waals surface area (Å²) < 4.78 is 32.2. The van der Waals surface area contributed by atoms with Crippen LogP contribution in [0.15, 0.2) is 48.5 Å². The minimum atomic E-state index is -3.23. The van der Waals surface area contributed by atoms with Gasteiger partial charge in [-0.05, 0) is 62.7 Å². The van der Waals surface area contributed by atoms with Crippen molar-refractivity contribution in [3.8, 4) is 16.9 Å². The fourth-order valence-electron chi connectivity index (χ4n) is 2.62. The average Bonchev–Trinajstić information content (AvgIpc) is 2.66. The summed E-state index contributed by atoms with van der Waals surface area (Å²) in [6.07, 6.45) is 0. The monoisotopic (exact) mass is 404 g/mol.